The van der Waals surface area contributed by atoms with Crippen LogP contribution in [0.5, 0.6) is 0 Å². The van der Waals surface area contributed by atoms with E-state index in [1.165, 1.54) is 6.92 Å². The standard InChI is InChI=1S/C20H19N3O6/c1-12-14(17(25)23(16(12)24)13-8-4-2-5-9-13)21-22-15-18(26)28-20(29-19(15)27)10-6-3-7-11-20/h2,4-5,8-9,26H,3,6-7,10-11H2,1H3/p-1. The highest BCUT2D eigenvalue weighted by atomic mass is 16.8. The quantitative estimate of drug-likeness (QED) is 0.438. The summed E-state index contributed by atoms with van der Waals surface area (Å²) in [5, 5.41) is 19.6. The molecule has 1 saturated carbocycles. The molecule has 0 atom stereocenters. The Balaban J connectivity index is 1.58. The number of esters is 1. The minimum Gasteiger partial charge on any atom is -0.573 e. The fraction of sp³-hybridized carbons (Fsp3) is 0.350. The van der Waals surface area contributed by atoms with Gasteiger partial charge in [0.15, 0.2) is 17.2 Å². The average molecular weight is 396 g/mol. The summed E-state index contributed by atoms with van der Waals surface area (Å²) in [5.41, 5.74) is -0.454. The SMILES string of the molecule is CC1=C(N=NC2=C([O-])OC3(CCCCC3)OC2=O)C(=O)N(c2ccccc2)C1=O. The van der Waals surface area contributed by atoms with Crippen molar-refractivity contribution in [2.24, 2.45) is 10.2 Å². The number of carbonyl (C=O) groups is 3. The maximum atomic E-state index is 12.7. The van der Waals surface area contributed by atoms with Gasteiger partial charge in [0.1, 0.15) is 0 Å². The van der Waals surface area contributed by atoms with Gasteiger partial charge in [-0.1, -0.05) is 24.6 Å². The predicted molar refractivity (Wildman–Crippen MR) is 96.5 cm³/mol. The van der Waals surface area contributed by atoms with Gasteiger partial charge in [-0.15, -0.1) is 10.2 Å². The van der Waals surface area contributed by atoms with Crippen LogP contribution in [0.25, 0.3) is 0 Å². The van der Waals surface area contributed by atoms with Gasteiger partial charge >= 0.3 is 5.97 Å². The average Bonchev–Trinajstić information content (AvgIpc) is 2.91. The van der Waals surface area contributed by atoms with Crippen molar-refractivity contribution in [1.82, 2.24) is 0 Å². The van der Waals surface area contributed by atoms with Crippen LogP contribution in [0.4, 0.5) is 5.69 Å². The van der Waals surface area contributed by atoms with Gasteiger partial charge in [0.05, 0.1) is 11.6 Å². The van der Waals surface area contributed by atoms with E-state index in [1.54, 1.807) is 30.3 Å². The number of nitrogens with zero attached hydrogens (tertiary/aromatic N) is 3. The molecule has 0 bridgehead atoms. The maximum Gasteiger partial charge on any atom is 0.362 e. The second kappa shape index (κ2) is 7.16. The molecule has 0 radical (unpaired) electrons. The molecular formula is C20H18N3O6-. The van der Waals surface area contributed by atoms with Crippen molar-refractivity contribution in [3.63, 3.8) is 0 Å². The van der Waals surface area contributed by atoms with Crippen LogP contribution in [0.1, 0.15) is 39.0 Å². The topological polar surface area (TPSA) is 121 Å². The van der Waals surface area contributed by atoms with Crippen molar-refractivity contribution in [2.75, 3.05) is 4.90 Å². The van der Waals surface area contributed by atoms with Crippen LogP contribution in [0.15, 0.2) is 63.5 Å². The number of anilines is 1. The second-order valence-electron chi connectivity index (χ2n) is 7.05. The van der Waals surface area contributed by atoms with Crippen molar-refractivity contribution < 1.29 is 29.0 Å². The minimum absolute atomic E-state index is 0.0597. The summed E-state index contributed by atoms with van der Waals surface area (Å²) in [7, 11) is 0. The highest BCUT2D eigenvalue weighted by molar-refractivity contribution is 6.32. The molecule has 150 valence electrons. The molecular weight excluding hydrogens is 378 g/mol. The molecule has 4 rings (SSSR count). The first-order valence-electron chi connectivity index (χ1n) is 9.32. The van der Waals surface area contributed by atoms with Gasteiger partial charge in [-0.3, -0.25) is 9.59 Å². The Morgan fingerprint density at radius 3 is 2.24 bits per heavy atom. The van der Waals surface area contributed by atoms with E-state index in [0.717, 1.165) is 24.2 Å². The first-order valence-corrected chi connectivity index (χ1v) is 9.32. The number of imide groups is 1. The number of azo groups is 1. The Morgan fingerprint density at radius 2 is 1.59 bits per heavy atom. The van der Waals surface area contributed by atoms with E-state index in [2.05, 4.69) is 10.2 Å². The van der Waals surface area contributed by atoms with E-state index in [0.29, 0.717) is 18.5 Å². The molecule has 0 saturated heterocycles. The third-order valence-corrected chi connectivity index (χ3v) is 5.11. The largest absolute Gasteiger partial charge is 0.573 e. The van der Waals surface area contributed by atoms with Gasteiger partial charge in [0, 0.05) is 5.57 Å². The summed E-state index contributed by atoms with van der Waals surface area (Å²) in [6, 6.07) is 8.35. The molecule has 0 unspecified atom stereocenters. The van der Waals surface area contributed by atoms with Crippen LogP contribution >= 0.6 is 0 Å². The number of carbonyl (C=O) groups excluding carboxylic acids is 3. The third kappa shape index (κ3) is 3.28. The molecule has 1 aliphatic carbocycles. The Morgan fingerprint density at radius 1 is 0.931 bits per heavy atom. The molecule has 0 N–H and O–H groups in total. The molecule has 29 heavy (non-hydrogen) atoms. The molecule has 1 aromatic rings. The molecule has 2 aliphatic heterocycles. The van der Waals surface area contributed by atoms with E-state index in [9.17, 15) is 19.5 Å². The number of rotatable bonds is 3. The van der Waals surface area contributed by atoms with Crippen LogP contribution in [-0.4, -0.2) is 23.6 Å². The number of para-hydroxylation sites is 1. The second-order valence-corrected chi connectivity index (χ2v) is 7.05. The van der Waals surface area contributed by atoms with Crippen molar-refractivity contribution >= 4 is 23.5 Å². The van der Waals surface area contributed by atoms with Crippen molar-refractivity contribution in [3.8, 4) is 0 Å². The highest BCUT2D eigenvalue weighted by Crippen LogP contribution is 2.38. The number of hydrogen-bond donors (Lipinski definition) is 0. The van der Waals surface area contributed by atoms with Crippen molar-refractivity contribution in [2.45, 2.75) is 44.8 Å². The number of ether oxygens (including phenoxy) is 2. The molecule has 2 amide bonds. The summed E-state index contributed by atoms with van der Waals surface area (Å²) in [4.78, 5) is 38.4. The van der Waals surface area contributed by atoms with Gasteiger partial charge in [-0.05, 0) is 44.7 Å². The van der Waals surface area contributed by atoms with E-state index in [4.69, 9.17) is 9.47 Å². The summed E-state index contributed by atoms with van der Waals surface area (Å²) in [6.07, 6.45) is 3.44. The van der Waals surface area contributed by atoms with Crippen LogP contribution < -0.4 is 10.0 Å². The van der Waals surface area contributed by atoms with Gasteiger partial charge in [-0.2, -0.15) is 0 Å². The highest BCUT2D eigenvalue weighted by Gasteiger charge is 2.40. The number of amides is 2. The van der Waals surface area contributed by atoms with Crippen LogP contribution in [0.3, 0.4) is 0 Å². The van der Waals surface area contributed by atoms with Crippen LogP contribution in [0.2, 0.25) is 0 Å². The number of hydrogen-bond acceptors (Lipinski definition) is 8. The first-order chi connectivity index (χ1) is 13.9. The van der Waals surface area contributed by atoms with Crippen molar-refractivity contribution in [1.29, 1.82) is 0 Å². The fourth-order valence-corrected chi connectivity index (χ4v) is 3.57. The maximum absolute atomic E-state index is 12.7. The fourth-order valence-electron chi connectivity index (χ4n) is 3.57. The number of benzene rings is 1. The monoisotopic (exact) mass is 396 g/mol. The van der Waals surface area contributed by atoms with E-state index in [-0.39, 0.29) is 11.3 Å². The summed E-state index contributed by atoms with van der Waals surface area (Å²) < 4.78 is 10.7. The molecule has 1 aromatic carbocycles. The van der Waals surface area contributed by atoms with Crippen LogP contribution in [-0.2, 0) is 23.9 Å². The predicted octanol–water partition coefficient (Wildman–Crippen LogP) is 2.05. The molecule has 2 heterocycles. The first kappa shape index (κ1) is 18.9. The van der Waals surface area contributed by atoms with E-state index >= 15 is 0 Å². The van der Waals surface area contributed by atoms with Gasteiger partial charge in [0.25, 0.3) is 11.8 Å². The summed E-state index contributed by atoms with van der Waals surface area (Å²) in [5.74, 6) is -4.35. The van der Waals surface area contributed by atoms with Gasteiger partial charge < -0.3 is 14.6 Å². The van der Waals surface area contributed by atoms with Crippen LogP contribution in [0, 0.1) is 0 Å². The van der Waals surface area contributed by atoms with Crippen molar-refractivity contribution in [3.05, 3.63) is 53.2 Å². The van der Waals surface area contributed by atoms with E-state index < -0.39 is 35.2 Å². The lowest BCUT2D eigenvalue weighted by Gasteiger charge is -2.45. The van der Waals surface area contributed by atoms with Gasteiger partial charge in [-0.25, -0.2) is 9.69 Å². The molecule has 9 nitrogen and oxygen atoms in total. The molecule has 0 aromatic heterocycles. The lowest BCUT2D eigenvalue weighted by molar-refractivity contribution is -0.402. The summed E-state index contributed by atoms with van der Waals surface area (Å²) >= 11 is 0. The molecule has 9 heteroatoms. The van der Waals surface area contributed by atoms with Gasteiger partial charge in [0.2, 0.25) is 0 Å². The molecule has 3 aliphatic rings. The normalized spacial score (nSPS) is 22.0. The lowest BCUT2D eigenvalue weighted by atomic mass is 9.93. The zero-order valence-electron chi connectivity index (χ0n) is 15.7. The lowest BCUT2D eigenvalue weighted by Crippen LogP contribution is -2.45. The molecule has 1 spiro atoms. The Hall–Kier alpha value is -3.49. The van der Waals surface area contributed by atoms with E-state index in [1.807, 2.05) is 0 Å². The zero-order valence-corrected chi connectivity index (χ0v) is 15.7. The Kier molecular flexibility index (Phi) is 4.65. The Labute approximate surface area is 166 Å². The zero-order chi connectivity index (χ0) is 20.6. The Bertz CT molecular complexity index is 973. The minimum atomic E-state index is -1.23. The summed E-state index contributed by atoms with van der Waals surface area (Å²) in [6.45, 7) is 1.43. The smallest absolute Gasteiger partial charge is 0.362 e. The third-order valence-electron chi connectivity index (χ3n) is 5.11. The molecule has 1 fully saturated rings.